The van der Waals surface area contributed by atoms with E-state index in [-0.39, 0.29) is 5.69 Å². The normalized spacial score (nSPS) is 10.5. The molecule has 0 saturated heterocycles. The van der Waals surface area contributed by atoms with Gasteiger partial charge in [-0.3, -0.25) is 0 Å². The molecule has 90 valence electrons. The van der Waals surface area contributed by atoms with Crippen LogP contribution in [0.1, 0.15) is 20.2 Å². The third-order valence-electron chi connectivity index (χ3n) is 2.09. The molecule has 0 fully saturated rings. The van der Waals surface area contributed by atoms with Gasteiger partial charge < -0.3 is 10.4 Å². The second kappa shape index (κ2) is 5.16. The molecule has 0 aliphatic carbocycles. The number of halogens is 1. The van der Waals surface area contributed by atoms with E-state index in [9.17, 15) is 4.79 Å². The molecule has 0 radical (unpaired) electrons. The van der Waals surface area contributed by atoms with E-state index in [2.05, 4.69) is 26.2 Å². The number of anilines is 1. The number of carbonyl (C=O) groups is 1. The molecule has 4 nitrogen and oxygen atoms in total. The predicted octanol–water partition coefficient (Wildman–Crippen LogP) is 3.59. The summed E-state index contributed by atoms with van der Waals surface area (Å²) < 4.78 is 1.06. The van der Waals surface area contributed by atoms with Crippen LogP contribution in [0.5, 0.6) is 0 Å². The van der Waals surface area contributed by atoms with Crippen molar-refractivity contribution in [3.8, 4) is 0 Å². The molecule has 2 heterocycles. The predicted molar refractivity (Wildman–Crippen MR) is 73.2 cm³/mol. The third-order valence-corrected chi connectivity index (χ3v) is 4.95. The van der Waals surface area contributed by atoms with Crippen molar-refractivity contribution in [3.63, 3.8) is 0 Å². The standard InChI is InChI=1S/C10H9BrN2O2S2/c1-5-8(9(14)15)13-10(17-5)12-4-7-6(11)2-3-16-7/h2-3H,4H2,1H3,(H,12,13)(H,14,15). The summed E-state index contributed by atoms with van der Waals surface area (Å²) in [6.07, 6.45) is 0. The Balaban J connectivity index is 2.07. The van der Waals surface area contributed by atoms with Gasteiger partial charge in [-0.1, -0.05) is 0 Å². The van der Waals surface area contributed by atoms with Crippen molar-refractivity contribution in [1.29, 1.82) is 0 Å². The van der Waals surface area contributed by atoms with Gasteiger partial charge in [0.2, 0.25) is 0 Å². The molecule has 0 saturated carbocycles. The average Bonchev–Trinajstić information content (AvgIpc) is 2.82. The lowest BCUT2D eigenvalue weighted by Crippen LogP contribution is -2.01. The Morgan fingerprint density at radius 1 is 1.65 bits per heavy atom. The molecule has 0 unspecified atom stereocenters. The number of carboxylic acids is 1. The number of hydrogen-bond acceptors (Lipinski definition) is 5. The molecule has 2 aromatic heterocycles. The number of hydrogen-bond donors (Lipinski definition) is 2. The van der Waals surface area contributed by atoms with Crippen molar-refractivity contribution in [3.05, 3.63) is 31.4 Å². The summed E-state index contributed by atoms with van der Waals surface area (Å²) >= 11 is 6.44. The Kier molecular flexibility index (Phi) is 3.80. The Labute approximate surface area is 114 Å². The molecule has 2 aromatic rings. The minimum absolute atomic E-state index is 0.128. The van der Waals surface area contributed by atoms with Crippen LogP contribution in [0.15, 0.2) is 15.9 Å². The molecule has 0 bridgehead atoms. The van der Waals surface area contributed by atoms with E-state index in [1.807, 2.05) is 11.4 Å². The van der Waals surface area contributed by atoms with E-state index in [0.29, 0.717) is 16.6 Å². The first-order valence-corrected chi connectivity index (χ1v) is 7.23. The van der Waals surface area contributed by atoms with Gasteiger partial charge in [0.1, 0.15) is 0 Å². The second-order valence-electron chi connectivity index (χ2n) is 3.27. The van der Waals surface area contributed by atoms with Gasteiger partial charge in [0.25, 0.3) is 0 Å². The van der Waals surface area contributed by atoms with Crippen molar-refractivity contribution in [2.24, 2.45) is 0 Å². The maximum Gasteiger partial charge on any atom is 0.355 e. The number of thiazole rings is 1. The fourth-order valence-electron chi connectivity index (χ4n) is 1.28. The fraction of sp³-hybridized carbons (Fsp3) is 0.200. The monoisotopic (exact) mass is 332 g/mol. The SMILES string of the molecule is Cc1sc(NCc2sccc2Br)nc1C(=O)O. The van der Waals surface area contributed by atoms with Crippen LogP contribution in [0, 0.1) is 6.92 Å². The van der Waals surface area contributed by atoms with Gasteiger partial charge in [0, 0.05) is 14.2 Å². The zero-order valence-corrected chi connectivity index (χ0v) is 12.1. The number of aryl methyl sites for hydroxylation is 1. The highest BCUT2D eigenvalue weighted by molar-refractivity contribution is 9.10. The van der Waals surface area contributed by atoms with E-state index in [1.165, 1.54) is 11.3 Å². The summed E-state index contributed by atoms with van der Waals surface area (Å²) in [6, 6.07) is 1.98. The largest absolute Gasteiger partial charge is 0.476 e. The fourth-order valence-corrected chi connectivity index (χ4v) is 3.51. The first kappa shape index (κ1) is 12.5. The Hall–Kier alpha value is -0.920. The van der Waals surface area contributed by atoms with Gasteiger partial charge in [-0.25, -0.2) is 9.78 Å². The van der Waals surface area contributed by atoms with Gasteiger partial charge in [-0.2, -0.15) is 0 Å². The highest BCUT2D eigenvalue weighted by atomic mass is 79.9. The van der Waals surface area contributed by atoms with Crippen LogP contribution in [0.3, 0.4) is 0 Å². The summed E-state index contributed by atoms with van der Waals surface area (Å²) in [5, 5.41) is 14.7. The first-order valence-electron chi connectivity index (χ1n) is 4.74. The van der Waals surface area contributed by atoms with E-state index >= 15 is 0 Å². The highest BCUT2D eigenvalue weighted by Crippen LogP contribution is 2.26. The van der Waals surface area contributed by atoms with E-state index in [4.69, 9.17) is 5.11 Å². The molecular weight excluding hydrogens is 324 g/mol. The highest BCUT2D eigenvalue weighted by Gasteiger charge is 2.14. The van der Waals surface area contributed by atoms with Gasteiger partial charge in [0.05, 0.1) is 6.54 Å². The molecule has 2 rings (SSSR count). The molecule has 0 aromatic carbocycles. The zero-order valence-electron chi connectivity index (χ0n) is 8.86. The van der Waals surface area contributed by atoms with Crippen molar-refractivity contribution < 1.29 is 9.90 Å². The Morgan fingerprint density at radius 2 is 2.41 bits per heavy atom. The maximum atomic E-state index is 10.8. The minimum atomic E-state index is -0.982. The number of aromatic carboxylic acids is 1. The smallest absolute Gasteiger partial charge is 0.355 e. The lowest BCUT2D eigenvalue weighted by Gasteiger charge is -2.00. The molecule has 0 aliphatic heterocycles. The van der Waals surface area contributed by atoms with Crippen molar-refractivity contribution in [1.82, 2.24) is 4.98 Å². The van der Waals surface area contributed by atoms with Crippen LogP contribution in [0.25, 0.3) is 0 Å². The lowest BCUT2D eigenvalue weighted by molar-refractivity contribution is 0.0690. The molecular formula is C10H9BrN2O2S2. The van der Waals surface area contributed by atoms with Crippen LogP contribution in [-0.4, -0.2) is 16.1 Å². The number of nitrogens with zero attached hydrogens (tertiary/aromatic N) is 1. The number of nitrogens with one attached hydrogen (secondary N) is 1. The van der Waals surface area contributed by atoms with E-state index in [0.717, 1.165) is 9.35 Å². The first-order chi connectivity index (χ1) is 8.08. The lowest BCUT2D eigenvalue weighted by atomic mass is 10.4. The van der Waals surface area contributed by atoms with Crippen LogP contribution in [-0.2, 0) is 6.54 Å². The molecule has 0 amide bonds. The Morgan fingerprint density at radius 3 is 2.94 bits per heavy atom. The van der Waals surface area contributed by atoms with E-state index in [1.54, 1.807) is 18.3 Å². The molecule has 0 atom stereocenters. The van der Waals surface area contributed by atoms with Gasteiger partial charge in [0.15, 0.2) is 10.8 Å². The van der Waals surface area contributed by atoms with Gasteiger partial charge in [-0.05, 0) is 34.3 Å². The van der Waals surface area contributed by atoms with E-state index < -0.39 is 5.97 Å². The van der Waals surface area contributed by atoms with Crippen LogP contribution >= 0.6 is 38.6 Å². The molecule has 7 heteroatoms. The summed E-state index contributed by atoms with van der Waals surface area (Å²) in [6.45, 7) is 2.40. The molecule has 17 heavy (non-hydrogen) atoms. The number of aromatic nitrogens is 1. The van der Waals surface area contributed by atoms with Crippen LogP contribution < -0.4 is 5.32 Å². The van der Waals surface area contributed by atoms with Crippen molar-refractivity contribution >= 4 is 49.7 Å². The molecule has 2 N–H and O–H groups in total. The zero-order chi connectivity index (χ0) is 12.4. The Bertz CT molecular complexity index is 550. The van der Waals surface area contributed by atoms with Crippen molar-refractivity contribution in [2.75, 3.05) is 5.32 Å². The second-order valence-corrected chi connectivity index (χ2v) is 6.33. The summed E-state index contributed by atoms with van der Waals surface area (Å²) in [4.78, 5) is 16.7. The summed E-state index contributed by atoms with van der Waals surface area (Å²) in [5.74, 6) is -0.982. The number of thiophene rings is 1. The van der Waals surface area contributed by atoms with Crippen LogP contribution in [0.2, 0.25) is 0 Å². The van der Waals surface area contributed by atoms with Crippen molar-refractivity contribution in [2.45, 2.75) is 13.5 Å². The molecule has 0 aliphatic rings. The van der Waals surface area contributed by atoms with Gasteiger partial charge >= 0.3 is 5.97 Å². The summed E-state index contributed by atoms with van der Waals surface area (Å²) in [5.41, 5.74) is 0.128. The number of carboxylic acid groups (broad SMARTS) is 1. The third kappa shape index (κ3) is 2.85. The maximum absolute atomic E-state index is 10.8. The summed E-state index contributed by atoms with van der Waals surface area (Å²) in [7, 11) is 0. The average molecular weight is 333 g/mol. The quantitative estimate of drug-likeness (QED) is 0.898. The van der Waals surface area contributed by atoms with Gasteiger partial charge in [-0.15, -0.1) is 22.7 Å². The molecule has 0 spiro atoms. The van der Waals surface area contributed by atoms with Crippen LogP contribution in [0.4, 0.5) is 5.13 Å². The topological polar surface area (TPSA) is 62.2 Å². The number of rotatable bonds is 4. The minimum Gasteiger partial charge on any atom is -0.476 e.